The van der Waals surface area contributed by atoms with Gasteiger partial charge in [-0.05, 0) is 50.6 Å². The van der Waals surface area contributed by atoms with Crippen LogP contribution < -0.4 is 10.0 Å². The summed E-state index contributed by atoms with van der Waals surface area (Å²) in [6, 6.07) is 3.71. The highest BCUT2D eigenvalue weighted by Crippen LogP contribution is 2.25. The van der Waals surface area contributed by atoms with Gasteiger partial charge in [-0.3, -0.25) is 4.72 Å². The van der Waals surface area contributed by atoms with Crippen LogP contribution >= 0.6 is 11.3 Å². The molecule has 2 aromatic rings. The van der Waals surface area contributed by atoms with Crippen LogP contribution in [0.15, 0.2) is 22.4 Å². The summed E-state index contributed by atoms with van der Waals surface area (Å²) in [5, 5.41) is 5.24. The minimum Gasteiger partial charge on any atom is -0.316 e. The molecular weight excluding hydrogens is 306 g/mol. The first-order valence-corrected chi connectivity index (χ1v) is 8.89. The van der Waals surface area contributed by atoms with Crippen LogP contribution in [0.25, 0.3) is 0 Å². The summed E-state index contributed by atoms with van der Waals surface area (Å²) >= 11 is 1.28. The fraction of sp³-hybridized carbons (Fsp3) is 0.357. The number of anilines is 1. The molecule has 2 rings (SSSR count). The minimum atomic E-state index is -3.62. The number of aryl methyl sites for hydroxylation is 2. The van der Waals surface area contributed by atoms with Crippen LogP contribution in [0.1, 0.15) is 22.4 Å². The second-order valence-electron chi connectivity index (χ2n) is 4.97. The van der Waals surface area contributed by atoms with E-state index in [9.17, 15) is 8.42 Å². The number of hydrogen-bond acceptors (Lipinski definition) is 5. The zero-order valence-corrected chi connectivity index (χ0v) is 14.2. The maximum Gasteiger partial charge on any atom is 0.263 e. The van der Waals surface area contributed by atoms with E-state index in [4.69, 9.17) is 0 Å². The summed E-state index contributed by atoms with van der Waals surface area (Å²) in [4.78, 5) is 4.45. The molecular formula is C14H19N3O2S2. The molecule has 0 amide bonds. The number of thiazole rings is 1. The van der Waals surface area contributed by atoms with E-state index in [1.54, 1.807) is 6.07 Å². The SMILES string of the molecule is CNCc1cc(C)c(C)c(S(=O)(=O)Nc2nc(C)cs2)c1. The van der Waals surface area contributed by atoms with Gasteiger partial charge in [0.1, 0.15) is 0 Å². The molecule has 1 heterocycles. The fourth-order valence-corrected chi connectivity index (χ4v) is 4.36. The fourth-order valence-electron chi connectivity index (χ4n) is 2.06. The van der Waals surface area contributed by atoms with Gasteiger partial charge in [-0.25, -0.2) is 13.4 Å². The Morgan fingerprint density at radius 3 is 2.52 bits per heavy atom. The summed E-state index contributed by atoms with van der Waals surface area (Å²) in [6.07, 6.45) is 0. The van der Waals surface area contributed by atoms with Crippen molar-refractivity contribution in [1.82, 2.24) is 10.3 Å². The Morgan fingerprint density at radius 2 is 1.95 bits per heavy atom. The molecule has 1 aromatic carbocycles. The van der Waals surface area contributed by atoms with E-state index in [1.807, 2.05) is 39.3 Å². The molecule has 21 heavy (non-hydrogen) atoms. The second-order valence-corrected chi connectivity index (χ2v) is 7.47. The number of aromatic nitrogens is 1. The van der Waals surface area contributed by atoms with Crippen molar-refractivity contribution in [3.05, 3.63) is 39.9 Å². The lowest BCUT2D eigenvalue weighted by atomic mass is 10.1. The number of nitrogens with zero attached hydrogens (tertiary/aromatic N) is 1. The average Bonchev–Trinajstić information content (AvgIpc) is 2.78. The monoisotopic (exact) mass is 325 g/mol. The lowest BCUT2D eigenvalue weighted by Crippen LogP contribution is -2.16. The van der Waals surface area contributed by atoms with Crippen molar-refractivity contribution in [3.8, 4) is 0 Å². The summed E-state index contributed by atoms with van der Waals surface area (Å²) in [5.41, 5.74) is 3.46. The number of rotatable bonds is 5. The van der Waals surface area contributed by atoms with Crippen molar-refractivity contribution in [2.45, 2.75) is 32.2 Å². The Morgan fingerprint density at radius 1 is 1.24 bits per heavy atom. The molecule has 114 valence electrons. The molecule has 0 radical (unpaired) electrons. The summed E-state index contributed by atoms with van der Waals surface area (Å²) in [6.45, 7) is 6.19. The van der Waals surface area contributed by atoms with E-state index < -0.39 is 10.0 Å². The van der Waals surface area contributed by atoms with Gasteiger partial charge in [-0.2, -0.15) is 0 Å². The van der Waals surface area contributed by atoms with Crippen molar-refractivity contribution in [2.75, 3.05) is 11.8 Å². The van der Waals surface area contributed by atoms with Crippen LogP contribution in [0.2, 0.25) is 0 Å². The third kappa shape index (κ3) is 3.61. The van der Waals surface area contributed by atoms with Gasteiger partial charge in [-0.1, -0.05) is 6.07 Å². The highest BCUT2D eigenvalue weighted by Gasteiger charge is 2.20. The van der Waals surface area contributed by atoms with Gasteiger partial charge in [0.15, 0.2) is 5.13 Å². The highest BCUT2D eigenvalue weighted by molar-refractivity contribution is 7.93. The van der Waals surface area contributed by atoms with E-state index in [2.05, 4.69) is 15.0 Å². The molecule has 0 bridgehead atoms. The van der Waals surface area contributed by atoms with Crippen molar-refractivity contribution in [1.29, 1.82) is 0 Å². The van der Waals surface area contributed by atoms with Crippen molar-refractivity contribution >= 4 is 26.5 Å². The number of sulfonamides is 1. The van der Waals surface area contributed by atoms with Gasteiger partial charge in [0, 0.05) is 11.9 Å². The molecule has 0 aliphatic carbocycles. The Balaban J connectivity index is 2.43. The molecule has 7 heteroatoms. The first-order chi connectivity index (χ1) is 9.83. The smallest absolute Gasteiger partial charge is 0.263 e. The van der Waals surface area contributed by atoms with Crippen LogP contribution in [0, 0.1) is 20.8 Å². The summed E-state index contributed by atoms with van der Waals surface area (Å²) < 4.78 is 27.7. The molecule has 0 aliphatic rings. The number of benzene rings is 1. The van der Waals surface area contributed by atoms with Crippen LogP contribution in [-0.2, 0) is 16.6 Å². The van der Waals surface area contributed by atoms with E-state index in [-0.39, 0.29) is 0 Å². The van der Waals surface area contributed by atoms with E-state index in [1.165, 1.54) is 11.3 Å². The summed E-state index contributed by atoms with van der Waals surface area (Å²) in [7, 11) is -1.79. The van der Waals surface area contributed by atoms with Gasteiger partial charge in [0.05, 0.1) is 10.6 Å². The molecule has 0 saturated heterocycles. The predicted octanol–water partition coefficient (Wildman–Crippen LogP) is 2.59. The maximum absolute atomic E-state index is 12.6. The Hall–Kier alpha value is -1.44. The third-order valence-electron chi connectivity index (χ3n) is 3.19. The number of hydrogen-bond donors (Lipinski definition) is 2. The first-order valence-electron chi connectivity index (χ1n) is 6.53. The quantitative estimate of drug-likeness (QED) is 0.886. The van der Waals surface area contributed by atoms with Gasteiger partial charge >= 0.3 is 0 Å². The van der Waals surface area contributed by atoms with Crippen LogP contribution in [-0.4, -0.2) is 20.4 Å². The normalized spacial score (nSPS) is 11.6. The molecule has 0 atom stereocenters. The molecule has 2 N–H and O–H groups in total. The minimum absolute atomic E-state index is 0.306. The van der Waals surface area contributed by atoms with Crippen LogP contribution in [0.4, 0.5) is 5.13 Å². The second kappa shape index (κ2) is 6.13. The lowest BCUT2D eigenvalue weighted by molar-refractivity contribution is 0.600. The molecule has 0 aliphatic heterocycles. The highest BCUT2D eigenvalue weighted by atomic mass is 32.2. The van der Waals surface area contributed by atoms with Crippen molar-refractivity contribution < 1.29 is 8.42 Å². The maximum atomic E-state index is 12.6. The first kappa shape index (κ1) is 15.9. The standard InChI is InChI=1S/C14H19N3O2S2/c1-9-5-12(7-15-4)6-13(11(9)3)21(18,19)17-14-16-10(2)8-20-14/h5-6,8,15H,7H2,1-4H3,(H,16,17). The Bertz CT molecular complexity index is 752. The Kier molecular flexibility index (Phi) is 4.65. The van der Waals surface area contributed by atoms with E-state index >= 15 is 0 Å². The van der Waals surface area contributed by atoms with Crippen molar-refractivity contribution in [2.24, 2.45) is 0 Å². The van der Waals surface area contributed by atoms with Crippen LogP contribution in [0.5, 0.6) is 0 Å². The summed E-state index contributed by atoms with van der Waals surface area (Å²) in [5.74, 6) is 0. The molecule has 1 aromatic heterocycles. The average molecular weight is 325 g/mol. The van der Waals surface area contributed by atoms with Crippen LogP contribution in [0.3, 0.4) is 0 Å². The molecule has 0 spiro atoms. The van der Waals surface area contributed by atoms with E-state index in [0.717, 1.165) is 22.4 Å². The van der Waals surface area contributed by atoms with Gasteiger partial charge in [0.25, 0.3) is 10.0 Å². The Labute approximate surface area is 129 Å². The number of nitrogens with one attached hydrogen (secondary N) is 2. The molecule has 5 nitrogen and oxygen atoms in total. The zero-order chi connectivity index (χ0) is 15.6. The molecule has 0 unspecified atom stereocenters. The third-order valence-corrected chi connectivity index (χ3v) is 5.66. The largest absolute Gasteiger partial charge is 0.316 e. The molecule has 0 fully saturated rings. The van der Waals surface area contributed by atoms with Crippen molar-refractivity contribution in [3.63, 3.8) is 0 Å². The topological polar surface area (TPSA) is 71.1 Å². The van der Waals surface area contributed by atoms with E-state index in [0.29, 0.717) is 16.6 Å². The van der Waals surface area contributed by atoms with Gasteiger partial charge in [0.2, 0.25) is 0 Å². The zero-order valence-electron chi connectivity index (χ0n) is 12.5. The van der Waals surface area contributed by atoms with Gasteiger partial charge < -0.3 is 5.32 Å². The lowest BCUT2D eigenvalue weighted by Gasteiger charge is -2.13. The predicted molar refractivity (Wildman–Crippen MR) is 86.3 cm³/mol. The van der Waals surface area contributed by atoms with Gasteiger partial charge in [-0.15, -0.1) is 11.3 Å². The molecule has 0 saturated carbocycles.